The molecule has 204 valence electrons. The zero-order valence-corrected chi connectivity index (χ0v) is 21.1. The number of halogens is 1. The fourth-order valence-corrected chi connectivity index (χ4v) is 3.60. The lowest BCUT2D eigenvalue weighted by atomic mass is 10.1. The molecule has 2 fully saturated rings. The Bertz CT molecular complexity index is 1360. The van der Waals surface area contributed by atoms with Crippen molar-refractivity contribution in [2.75, 3.05) is 37.9 Å². The molecule has 37 heavy (non-hydrogen) atoms. The summed E-state index contributed by atoms with van der Waals surface area (Å²) >= 11 is 0. The first-order valence-electron chi connectivity index (χ1n) is 10.8. The second kappa shape index (κ2) is 12.1. The molecule has 14 nitrogen and oxygen atoms in total. The van der Waals surface area contributed by atoms with Gasteiger partial charge in [0.15, 0.2) is 11.6 Å². The van der Waals surface area contributed by atoms with Gasteiger partial charge in [0.25, 0.3) is 16.1 Å². The third kappa shape index (κ3) is 8.19. The summed E-state index contributed by atoms with van der Waals surface area (Å²) in [6.45, 7) is 2.16. The first-order chi connectivity index (χ1) is 17.2. The van der Waals surface area contributed by atoms with Gasteiger partial charge in [-0.1, -0.05) is 5.16 Å². The van der Waals surface area contributed by atoms with Gasteiger partial charge in [-0.25, -0.2) is 14.2 Å². The molecule has 1 unspecified atom stereocenters. The zero-order valence-electron chi connectivity index (χ0n) is 20.3. The molecule has 0 bridgehead atoms. The molecule has 2 aliphatic rings. The Labute approximate surface area is 210 Å². The van der Waals surface area contributed by atoms with E-state index >= 15 is 0 Å². The van der Waals surface area contributed by atoms with E-state index in [1.807, 2.05) is 0 Å². The molecular formula is C21H28FN5O9S. The number of hydrogen-bond acceptors (Lipinski definition) is 10. The van der Waals surface area contributed by atoms with Gasteiger partial charge in [-0.05, 0) is 18.9 Å². The van der Waals surface area contributed by atoms with Crippen molar-refractivity contribution >= 4 is 44.6 Å². The Kier molecular flexibility index (Phi) is 9.66. The van der Waals surface area contributed by atoms with E-state index in [0.29, 0.717) is 31.6 Å². The number of rotatable bonds is 5. The molecule has 2 aromatic rings. The predicted octanol–water partition coefficient (Wildman–Crippen LogP) is 0.561. The number of aromatic carboxylic acids is 1. The average Bonchev–Trinajstić information content (AvgIpc) is 3.52. The third-order valence-corrected chi connectivity index (χ3v) is 5.17. The Morgan fingerprint density at radius 1 is 1.32 bits per heavy atom. The van der Waals surface area contributed by atoms with Crippen molar-refractivity contribution in [1.29, 1.82) is 0 Å². The lowest BCUT2D eigenvalue weighted by Gasteiger charge is -2.19. The summed E-state index contributed by atoms with van der Waals surface area (Å²) in [5.41, 5.74) is 5.65. The van der Waals surface area contributed by atoms with Crippen molar-refractivity contribution in [3.8, 4) is 0 Å². The molecule has 0 aromatic carbocycles. The summed E-state index contributed by atoms with van der Waals surface area (Å²) in [7, 11) is -2.23. The van der Waals surface area contributed by atoms with Crippen LogP contribution >= 0.6 is 0 Å². The molecule has 4 rings (SSSR count). The van der Waals surface area contributed by atoms with Crippen molar-refractivity contribution in [3.05, 3.63) is 33.9 Å². The highest BCUT2D eigenvalue weighted by Crippen LogP contribution is 2.37. The van der Waals surface area contributed by atoms with Gasteiger partial charge in [0.05, 0.1) is 23.9 Å². The highest BCUT2D eigenvalue weighted by molar-refractivity contribution is 7.85. The van der Waals surface area contributed by atoms with Gasteiger partial charge in [0.1, 0.15) is 18.3 Å². The van der Waals surface area contributed by atoms with Crippen molar-refractivity contribution in [3.63, 3.8) is 0 Å². The van der Waals surface area contributed by atoms with Gasteiger partial charge in [0, 0.05) is 38.2 Å². The third-order valence-electron chi connectivity index (χ3n) is 5.17. The van der Waals surface area contributed by atoms with E-state index in [1.54, 1.807) is 9.47 Å². The lowest BCUT2D eigenvalue weighted by Crippen LogP contribution is -2.26. The van der Waals surface area contributed by atoms with Gasteiger partial charge in [-0.3, -0.25) is 14.1 Å². The topological polar surface area (TPSA) is 215 Å². The van der Waals surface area contributed by atoms with Crippen molar-refractivity contribution in [2.45, 2.75) is 25.8 Å². The molecule has 1 saturated carbocycles. The van der Waals surface area contributed by atoms with Crippen LogP contribution in [0.1, 0.15) is 36.2 Å². The fourth-order valence-electron chi connectivity index (χ4n) is 3.60. The number of hydrogen-bond donors (Lipinski definition) is 4. The highest BCUT2D eigenvalue weighted by atomic mass is 32.2. The number of fused-ring (bicyclic) bond motifs is 1. The van der Waals surface area contributed by atoms with Crippen LogP contribution < -0.4 is 16.1 Å². The van der Waals surface area contributed by atoms with Gasteiger partial charge in [-0.2, -0.15) is 8.42 Å². The van der Waals surface area contributed by atoms with Crippen LogP contribution in [0.2, 0.25) is 0 Å². The molecule has 5 N–H and O–H groups in total. The van der Waals surface area contributed by atoms with Crippen LogP contribution in [0.25, 0.3) is 11.0 Å². The molecule has 0 spiro atoms. The summed E-state index contributed by atoms with van der Waals surface area (Å²) in [6.07, 6.45) is 3.74. The smallest absolute Gasteiger partial charge is 0.341 e. The standard InChI is InChI=1S/C18H20FN5O4.C2H4O2.CH4O3S/c1-28-22-14-8-23(6-9(14)5-20)17-13(19)4-11-15(25)12(18(26)27)7-24(10-2-3-10)16(11)21-17;1-2(3)4;1-5(2,3)4/h4,7,9-10H,2-3,5-6,8,20H2,1H3,(H,26,27);1H3,(H,3,4);1H3,(H,2,3,4)/b22-14+;;. The Morgan fingerprint density at radius 3 is 2.35 bits per heavy atom. The summed E-state index contributed by atoms with van der Waals surface area (Å²) < 4.78 is 42.4. The van der Waals surface area contributed by atoms with Crippen LogP contribution in [-0.4, -0.2) is 83.4 Å². The zero-order chi connectivity index (χ0) is 28.1. The molecule has 1 aliphatic carbocycles. The Morgan fingerprint density at radius 2 is 1.89 bits per heavy atom. The van der Waals surface area contributed by atoms with Crippen LogP contribution in [0.5, 0.6) is 0 Å². The summed E-state index contributed by atoms with van der Waals surface area (Å²) in [4.78, 5) is 43.9. The van der Waals surface area contributed by atoms with Gasteiger partial charge in [-0.15, -0.1) is 0 Å². The molecule has 16 heteroatoms. The van der Waals surface area contributed by atoms with E-state index in [-0.39, 0.29) is 34.4 Å². The van der Waals surface area contributed by atoms with Gasteiger partial charge < -0.3 is 30.3 Å². The number of pyridine rings is 2. The van der Waals surface area contributed by atoms with Crippen LogP contribution in [-0.2, 0) is 19.8 Å². The quantitative estimate of drug-likeness (QED) is 0.299. The number of carbonyl (C=O) groups is 2. The monoisotopic (exact) mass is 545 g/mol. The number of nitrogens with zero attached hydrogens (tertiary/aromatic N) is 4. The van der Waals surface area contributed by atoms with Crippen molar-refractivity contribution in [1.82, 2.24) is 9.55 Å². The number of nitrogens with two attached hydrogens (primary N) is 1. The SMILES string of the molecule is CC(=O)O.CO/N=C1\CN(c2nc3c(cc2F)c(=O)c(C(=O)O)cn3C2CC2)CC1CN.CS(=O)(=O)O. The van der Waals surface area contributed by atoms with Crippen LogP contribution in [0.15, 0.2) is 22.2 Å². The molecule has 3 heterocycles. The minimum Gasteiger partial charge on any atom is -0.481 e. The normalized spacial score (nSPS) is 18.1. The lowest BCUT2D eigenvalue weighted by molar-refractivity contribution is -0.134. The van der Waals surface area contributed by atoms with E-state index in [0.717, 1.165) is 25.8 Å². The molecule has 1 saturated heterocycles. The van der Waals surface area contributed by atoms with Gasteiger partial charge in [0.2, 0.25) is 5.43 Å². The van der Waals surface area contributed by atoms with E-state index in [4.69, 9.17) is 25.0 Å². The first kappa shape index (κ1) is 29.6. The molecule has 1 atom stereocenters. The van der Waals surface area contributed by atoms with Crippen LogP contribution in [0.3, 0.4) is 0 Å². The van der Waals surface area contributed by atoms with Crippen LogP contribution in [0.4, 0.5) is 10.2 Å². The number of anilines is 1. The summed E-state index contributed by atoms with van der Waals surface area (Å²) in [6, 6.07) is 1.14. The second-order valence-electron chi connectivity index (χ2n) is 8.31. The molecule has 0 radical (unpaired) electrons. The summed E-state index contributed by atoms with van der Waals surface area (Å²) in [5.74, 6) is -2.86. The van der Waals surface area contributed by atoms with Gasteiger partial charge >= 0.3 is 5.97 Å². The number of oxime groups is 1. The molecule has 0 amide bonds. The largest absolute Gasteiger partial charge is 0.481 e. The summed E-state index contributed by atoms with van der Waals surface area (Å²) in [5, 5.41) is 20.7. The minimum absolute atomic E-state index is 0.0339. The average molecular weight is 546 g/mol. The highest BCUT2D eigenvalue weighted by Gasteiger charge is 2.33. The number of carboxylic acids is 2. The maximum Gasteiger partial charge on any atom is 0.341 e. The van der Waals surface area contributed by atoms with E-state index < -0.39 is 33.3 Å². The fraction of sp³-hybridized carbons (Fsp3) is 0.476. The number of aromatic nitrogens is 2. The van der Waals surface area contributed by atoms with E-state index in [1.165, 1.54) is 13.3 Å². The number of carboxylic acid groups (broad SMARTS) is 2. The molecule has 1 aliphatic heterocycles. The Hall–Kier alpha value is -3.63. The van der Waals surface area contributed by atoms with Crippen LogP contribution in [0, 0.1) is 11.7 Å². The minimum atomic E-state index is -3.67. The maximum absolute atomic E-state index is 14.9. The van der Waals surface area contributed by atoms with E-state index in [2.05, 4.69) is 10.1 Å². The Balaban J connectivity index is 0.000000464. The predicted molar refractivity (Wildman–Crippen MR) is 131 cm³/mol. The van der Waals surface area contributed by atoms with E-state index in [9.17, 15) is 27.5 Å². The number of aliphatic carboxylic acids is 1. The maximum atomic E-state index is 14.9. The second-order valence-corrected chi connectivity index (χ2v) is 9.78. The first-order valence-corrected chi connectivity index (χ1v) is 12.7. The van der Waals surface area contributed by atoms with Crippen molar-refractivity contribution in [2.24, 2.45) is 16.8 Å². The van der Waals surface area contributed by atoms with Crippen molar-refractivity contribution < 1.29 is 42.0 Å². The molecular weight excluding hydrogens is 517 g/mol. The molecule has 2 aromatic heterocycles.